The average Bonchev–Trinajstić information content (AvgIpc) is 2.20. The van der Waals surface area contributed by atoms with Gasteiger partial charge in [0.2, 0.25) is 0 Å². The predicted octanol–water partition coefficient (Wildman–Crippen LogP) is 1.17. The highest BCUT2D eigenvalue weighted by atomic mass is 16.4. The number of carbonyl (C=O) groups is 1. The van der Waals surface area contributed by atoms with Gasteiger partial charge < -0.3 is 15.3 Å². The van der Waals surface area contributed by atoms with Gasteiger partial charge in [0.1, 0.15) is 5.54 Å². The van der Waals surface area contributed by atoms with Crippen LogP contribution in [-0.4, -0.2) is 48.2 Å². The van der Waals surface area contributed by atoms with Gasteiger partial charge in [0.25, 0.3) is 0 Å². The highest BCUT2D eigenvalue weighted by Gasteiger charge is 2.26. The van der Waals surface area contributed by atoms with E-state index in [1.807, 2.05) is 0 Å². The Morgan fingerprint density at radius 2 is 2.00 bits per heavy atom. The number of nitrogens with zero attached hydrogens (tertiary/aromatic N) is 1. The Labute approximate surface area is 98.0 Å². The number of nitrogens with one attached hydrogen (secondary N) is 1. The van der Waals surface area contributed by atoms with E-state index in [1.165, 1.54) is 25.9 Å². The van der Waals surface area contributed by atoms with E-state index in [0.717, 1.165) is 18.9 Å². The number of rotatable bonds is 5. The molecule has 0 atom stereocenters. The highest BCUT2D eigenvalue weighted by molar-refractivity contribution is 5.77. The van der Waals surface area contributed by atoms with Gasteiger partial charge in [-0.3, -0.25) is 4.79 Å². The van der Waals surface area contributed by atoms with Crippen LogP contribution in [0.25, 0.3) is 0 Å². The first-order chi connectivity index (χ1) is 7.42. The van der Waals surface area contributed by atoms with Gasteiger partial charge in [0.05, 0.1) is 0 Å². The molecule has 1 heterocycles. The maximum absolute atomic E-state index is 10.9. The molecule has 1 aliphatic rings. The fourth-order valence-corrected chi connectivity index (χ4v) is 2.02. The third kappa shape index (κ3) is 4.10. The Morgan fingerprint density at radius 1 is 1.44 bits per heavy atom. The lowest BCUT2D eigenvalue weighted by atomic mass is 9.93. The van der Waals surface area contributed by atoms with Crippen LogP contribution in [0, 0.1) is 5.92 Å². The molecule has 0 aromatic carbocycles. The quantitative estimate of drug-likeness (QED) is 0.741. The molecule has 2 N–H and O–H groups in total. The van der Waals surface area contributed by atoms with Crippen molar-refractivity contribution in [3.8, 4) is 0 Å². The molecule has 0 amide bonds. The van der Waals surface area contributed by atoms with Crippen LogP contribution in [0.4, 0.5) is 0 Å². The molecule has 0 unspecified atom stereocenters. The van der Waals surface area contributed by atoms with E-state index in [9.17, 15) is 4.79 Å². The smallest absolute Gasteiger partial charge is 0.323 e. The van der Waals surface area contributed by atoms with Crippen LogP contribution in [0.3, 0.4) is 0 Å². The first-order valence-electron chi connectivity index (χ1n) is 6.09. The minimum absolute atomic E-state index is 0.758. The minimum atomic E-state index is -0.800. The normalized spacial score (nSPS) is 19.9. The lowest BCUT2D eigenvalue weighted by Gasteiger charge is -2.30. The van der Waals surface area contributed by atoms with E-state index in [4.69, 9.17) is 5.11 Å². The summed E-state index contributed by atoms with van der Waals surface area (Å²) in [5, 5.41) is 12.0. The summed E-state index contributed by atoms with van der Waals surface area (Å²) < 4.78 is 0. The molecule has 16 heavy (non-hydrogen) atoms. The number of carboxylic acid groups (broad SMARTS) is 1. The summed E-state index contributed by atoms with van der Waals surface area (Å²) in [6, 6.07) is 0. The van der Waals surface area contributed by atoms with E-state index in [-0.39, 0.29) is 0 Å². The van der Waals surface area contributed by atoms with E-state index in [2.05, 4.69) is 17.3 Å². The van der Waals surface area contributed by atoms with Gasteiger partial charge in [-0.05, 0) is 65.7 Å². The van der Waals surface area contributed by atoms with Crippen LogP contribution in [0.1, 0.15) is 33.1 Å². The maximum atomic E-state index is 10.9. The monoisotopic (exact) mass is 228 g/mol. The fourth-order valence-electron chi connectivity index (χ4n) is 2.02. The largest absolute Gasteiger partial charge is 0.480 e. The van der Waals surface area contributed by atoms with E-state index in [1.54, 1.807) is 13.8 Å². The Hall–Kier alpha value is -0.610. The second kappa shape index (κ2) is 5.64. The van der Waals surface area contributed by atoms with Gasteiger partial charge >= 0.3 is 5.97 Å². The van der Waals surface area contributed by atoms with Gasteiger partial charge in [-0.1, -0.05) is 0 Å². The summed E-state index contributed by atoms with van der Waals surface area (Å²) in [5.74, 6) is -0.0239. The SMILES string of the molecule is CN1CCC(CCNC(C)(C)C(=O)O)CC1. The van der Waals surface area contributed by atoms with Crippen molar-refractivity contribution in [2.24, 2.45) is 5.92 Å². The Balaban J connectivity index is 2.18. The standard InChI is InChI=1S/C12H24N2O2/c1-12(2,11(15)16)13-7-4-10-5-8-14(3)9-6-10/h10,13H,4-9H2,1-3H3,(H,15,16). The van der Waals surface area contributed by atoms with Crippen LogP contribution < -0.4 is 5.32 Å². The number of hydrogen-bond acceptors (Lipinski definition) is 3. The van der Waals surface area contributed by atoms with Crippen LogP contribution in [0.2, 0.25) is 0 Å². The van der Waals surface area contributed by atoms with Crippen molar-refractivity contribution in [2.75, 3.05) is 26.7 Å². The molecule has 0 aromatic rings. The van der Waals surface area contributed by atoms with Gasteiger partial charge in [-0.2, -0.15) is 0 Å². The fraction of sp³-hybridized carbons (Fsp3) is 0.917. The van der Waals surface area contributed by atoms with Crippen molar-refractivity contribution < 1.29 is 9.90 Å². The first-order valence-corrected chi connectivity index (χ1v) is 6.09. The molecule has 1 rings (SSSR count). The van der Waals surface area contributed by atoms with Gasteiger partial charge in [0, 0.05) is 0 Å². The van der Waals surface area contributed by atoms with E-state index < -0.39 is 11.5 Å². The van der Waals surface area contributed by atoms with Crippen molar-refractivity contribution in [3.05, 3.63) is 0 Å². The third-order valence-electron chi connectivity index (χ3n) is 3.49. The summed E-state index contributed by atoms with van der Waals surface area (Å²) in [5.41, 5.74) is -0.800. The molecule has 1 aliphatic heterocycles. The Morgan fingerprint density at radius 3 is 2.50 bits per heavy atom. The Bertz CT molecular complexity index is 233. The molecule has 94 valence electrons. The maximum Gasteiger partial charge on any atom is 0.323 e. The van der Waals surface area contributed by atoms with Crippen LogP contribution in [0.15, 0.2) is 0 Å². The first kappa shape index (κ1) is 13.5. The summed E-state index contributed by atoms with van der Waals surface area (Å²) in [7, 11) is 2.15. The zero-order valence-corrected chi connectivity index (χ0v) is 10.6. The van der Waals surface area contributed by atoms with E-state index in [0.29, 0.717) is 0 Å². The summed E-state index contributed by atoms with van der Waals surface area (Å²) in [6.07, 6.45) is 3.57. The van der Waals surface area contributed by atoms with Crippen molar-refractivity contribution in [3.63, 3.8) is 0 Å². The summed E-state index contributed by atoms with van der Waals surface area (Å²) in [6.45, 7) is 6.57. The number of aliphatic carboxylic acids is 1. The van der Waals surface area contributed by atoms with Gasteiger partial charge in [-0.25, -0.2) is 0 Å². The minimum Gasteiger partial charge on any atom is -0.480 e. The molecular formula is C12H24N2O2. The van der Waals surface area contributed by atoms with Crippen LogP contribution in [0.5, 0.6) is 0 Å². The van der Waals surface area contributed by atoms with E-state index >= 15 is 0 Å². The molecular weight excluding hydrogens is 204 g/mol. The van der Waals surface area contributed by atoms with Gasteiger partial charge in [-0.15, -0.1) is 0 Å². The van der Waals surface area contributed by atoms with Crippen molar-refractivity contribution in [1.82, 2.24) is 10.2 Å². The molecule has 1 saturated heterocycles. The molecule has 4 heteroatoms. The molecule has 0 aromatic heterocycles. The lowest BCUT2D eigenvalue weighted by Crippen LogP contribution is -2.47. The second-order valence-corrected chi connectivity index (χ2v) is 5.39. The zero-order chi connectivity index (χ0) is 12.2. The second-order valence-electron chi connectivity index (χ2n) is 5.39. The highest BCUT2D eigenvalue weighted by Crippen LogP contribution is 2.19. The number of hydrogen-bond donors (Lipinski definition) is 2. The van der Waals surface area contributed by atoms with Crippen LogP contribution >= 0.6 is 0 Å². The molecule has 4 nitrogen and oxygen atoms in total. The number of likely N-dealkylation sites (tertiary alicyclic amines) is 1. The topological polar surface area (TPSA) is 52.6 Å². The van der Waals surface area contributed by atoms with Crippen LogP contribution in [-0.2, 0) is 4.79 Å². The molecule has 1 fully saturated rings. The number of carboxylic acids is 1. The third-order valence-corrected chi connectivity index (χ3v) is 3.49. The van der Waals surface area contributed by atoms with Gasteiger partial charge in [0.15, 0.2) is 0 Å². The molecule has 0 saturated carbocycles. The summed E-state index contributed by atoms with van der Waals surface area (Å²) in [4.78, 5) is 13.2. The molecule has 0 aliphatic carbocycles. The van der Waals surface area contributed by atoms with Crippen molar-refractivity contribution in [2.45, 2.75) is 38.6 Å². The Kier molecular flexibility index (Phi) is 4.74. The lowest BCUT2D eigenvalue weighted by molar-refractivity contribution is -0.143. The van der Waals surface area contributed by atoms with Crippen molar-refractivity contribution in [1.29, 1.82) is 0 Å². The predicted molar refractivity (Wildman–Crippen MR) is 64.6 cm³/mol. The molecule has 0 radical (unpaired) electrons. The zero-order valence-electron chi connectivity index (χ0n) is 10.6. The summed E-state index contributed by atoms with van der Waals surface area (Å²) >= 11 is 0. The van der Waals surface area contributed by atoms with Crippen molar-refractivity contribution >= 4 is 5.97 Å². The molecule has 0 spiro atoms. The number of piperidine rings is 1. The molecule has 0 bridgehead atoms. The average molecular weight is 228 g/mol.